The summed E-state index contributed by atoms with van der Waals surface area (Å²) in [6.07, 6.45) is 0. The number of nitrogens with one attached hydrogen (secondary N) is 1. The highest BCUT2D eigenvalue weighted by molar-refractivity contribution is 7.98. The predicted molar refractivity (Wildman–Crippen MR) is 81.5 cm³/mol. The molecule has 0 aliphatic rings. The maximum atomic E-state index is 8.89. The average Bonchev–Trinajstić information content (AvgIpc) is 2.87. The van der Waals surface area contributed by atoms with Gasteiger partial charge in [0.15, 0.2) is 5.16 Å². The zero-order valence-corrected chi connectivity index (χ0v) is 11.9. The highest BCUT2D eigenvalue weighted by Gasteiger charge is 2.04. The van der Waals surface area contributed by atoms with Gasteiger partial charge in [0.05, 0.1) is 22.7 Å². The van der Waals surface area contributed by atoms with Crippen LogP contribution in [-0.4, -0.2) is 9.97 Å². The van der Waals surface area contributed by atoms with Crippen molar-refractivity contribution < 1.29 is 0 Å². The summed E-state index contributed by atoms with van der Waals surface area (Å²) in [6.45, 7) is 2.07. The summed E-state index contributed by atoms with van der Waals surface area (Å²) < 4.78 is 0. The Morgan fingerprint density at radius 2 is 2.15 bits per heavy atom. The van der Waals surface area contributed by atoms with E-state index in [2.05, 4.69) is 35.1 Å². The molecule has 3 nitrogen and oxygen atoms in total. The number of nitrogens with zero attached hydrogens (tertiary/aromatic N) is 2. The van der Waals surface area contributed by atoms with E-state index in [1.165, 1.54) is 5.56 Å². The Kier molecular flexibility index (Phi) is 3.44. The molecule has 4 heteroatoms. The number of thioether (sulfide) groups is 1. The van der Waals surface area contributed by atoms with Gasteiger partial charge in [0.2, 0.25) is 0 Å². The zero-order valence-electron chi connectivity index (χ0n) is 11.1. The van der Waals surface area contributed by atoms with E-state index in [4.69, 9.17) is 5.26 Å². The molecule has 20 heavy (non-hydrogen) atoms. The van der Waals surface area contributed by atoms with E-state index in [1.54, 1.807) is 11.8 Å². The molecule has 1 heterocycles. The Labute approximate surface area is 121 Å². The van der Waals surface area contributed by atoms with Crippen molar-refractivity contribution in [3.63, 3.8) is 0 Å². The molecule has 0 aliphatic carbocycles. The Bertz CT molecular complexity index is 799. The van der Waals surface area contributed by atoms with Crippen molar-refractivity contribution in [3.05, 3.63) is 59.2 Å². The summed E-state index contributed by atoms with van der Waals surface area (Å²) in [5, 5.41) is 9.80. The third-order valence-corrected chi connectivity index (χ3v) is 3.99. The summed E-state index contributed by atoms with van der Waals surface area (Å²) >= 11 is 1.65. The van der Waals surface area contributed by atoms with Crippen LogP contribution in [0, 0.1) is 18.3 Å². The number of aromatic nitrogens is 2. The summed E-state index contributed by atoms with van der Waals surface area (Å²) in [6, 6.07) is 16.0. The van der Waals surface area contributed by atoms with Crippen molar-refractivity contribution in [2.24, 2.45) is 0 Å². The highest BCUT2D eigenvalue weighted by atomic mass is 32.2. The largest absolute Gasteiger partial charge is 0.333 e. The quantitative estimate of drug-likeness (QED) is 0.736. The number of fused-ring (bicyclic) bond motifs is 1. The van der Waals surface area contributed by atoms with Gasteiger partial charge in [0.25, 0.3) is 0 Å². The molecular weight excluding hydrogens is 266 g/mol. The second-order valence-corrected chi connectivity index (χ2v) is 5.63. The van der Waals surface area contributed by atoms with Gasteiger partial charge in [0.1, 0.15) is 0 Å². The van der Waals surface area contributed by atoms with Crippen LogP contribution in [0.25, 0.3) is 11.0 Å². The van der Waals surface area contributed by atoms with E-state index in [9.17, 15) is 0 Å². The Hall–Kier alpha value is -2.25. The van der Waals surface area contributed by atoms with Crippen LogP contribution < -0.4 is 0 Å². The second kappa shape index (κ2) is 5.40. The minimum Gasteiger partial charge on any atom is -0.333 e. The molecular formula is C16H13N3S. The van der Waals surface area contributed by atoms with Crippen molar-refractivity contribution in [2.45, 2.75) is 17.8 Å². The Balaban J connectivity index is 1.78. The lowest BCUT2D eigenvalue weighted by molar-refractivity contribution is 1.08. The van der Waals surface area contributed by atoms with Crippen LogP contribution in [0.2, 0.25) is 0 Å². The number of imidazole rings is 1. The summed E-state index contributed by atoms with van der Waals surface area (Å²) in [4.78, 5) is 7.88. The zero-order chi connectivity index (χ0) is 13.9. The van der Waals surface area contributed by atoms with Gasteiger partial charge in [-0.25, -0.2) is 4.98 Å². The molecule has 0 unspecified atom stereocenters. The molecule has 3 rings (SSSR count). The van der Waals surface area contributed by atoms with Crippen LogP contribution in [0.15, 0.2) is 47.6 Å². The molecule has 98 valence electrons. The topological polar surface area (TPSA) is 52.5 Å². The van der Waals surface area contributed by atoms with Crippen LogP contribution in [0.1, 0.15) is 16.7 Å². The molecule has 1 N–H and O–H groups in total. The van der Waals surface area contributed by atoms with Gasteiger partial charge in [-0.15, -0.1) is 0 Å². The van der Waals surface area contributed by atoms with Gasteiger partial charge in [-0.2, -0.15) is 5.26 Å². The van der Waals surface area contributed by atoms with Crippen LogP contribution in [0.4, 0.5) is 0 Å². The minimum absolute atomic E-state index is 0.698. The minimum atomic E-state index is 0.698. The number of hydrogen-bond acceptors (Lipinski definition) is 3. The van der Waals surface area contributed by atoms with Gasteiger partial charge in [-0.1, -0.05) is 30.0 Å². The molecule has 0 atom stereocenters. The molecule has 0 bridgehead atoms. The van der Waals surface area contributed by atoms with E-state index >= 15 is 0 Å². The number of rotatable bonds is 3. The van der Waals surface area contributed by atoms with Crippen molar-refractivity contribution in [1.29, 1.82) is 5.26 Å². The number of aromatic amines is 1. The van der Waals surface area contributed by atoms with Gasteiger partial charge in [-0.05, 0) is 42.3 Å². The van der Waals surface area contributed by atoms with Crippen molar-refractivity contribution in [2.75, 3.05) is 0 Å². The molecule has 0 spiro atoms. The molecule has 2 aromatic carbocycles. The molecule has 0 aliphatic heterocycles. The maximum absolute atomic E-state index is 8.89. The molecule has 0 saturated carbocycles. The summed E-state index contributed by atoms with van der Waals surface area (Å²) in [5.41, 5.74) is 5.11. The molecule has 0 radical (unpaired) electrons. The van der Waals surface area contributed by atoms with Crippen molar-refractivity contribution in [1.82, 2.24) is 9.97 Å². The first-order valence-electron chi connectivity index (χ1n) is 6.33. The second-order valence-electron chi connectivity index (χ2n) is 4.66. The Morgan fingerprint density at radius 3 is 3.00 bits per heavy atom. The molecule has 0 saturated heterocycles. The first-order valence-corrected chi connectivity index (χ1v) is 7.31. The first-order chi connectivity index (χ1) is 9.74. The Morgan fingerprint density at radius 1 is 1.25 bits per heavy atom. The third-order valence-electron chi connectivity index (χ3n) is 3.05. The fraction of sp³-hybridized carbons (Fsp3) is 0.125. The van der Waals surface area contributed by atoms with E-state index in [-0.39, 0.29) is 0 Å². The van der Waals surface area contributed by atoms with E-state index in [1.807, 2.05) is 30.3 Å². The third kappa shape index (κ3) is 2.68. The maximum Gasteiger partial charge on any atom is 0.166 e. The summed E-state index contributed by atoms with van der Waals surface area (Å²) in [7, 11) is 0. The molecule has 1 aromatic heterocycles. The van der Waals surface area contributed by atoms with Gasteiger partial charge in [-0.3, -0.25) is 0 Å². The van der Waals surface area contributed by atoms with Crippen LogP contribution in [0.5, 0.6) is 0 Å². The SMILES string of the molecule is Cc1ccc2nc(SCc3cccc(C#N)c3)[nH]c2c1. The van der Waals surface area contributed by atoms with Crippen molar-refractivity contribution >= 4 is 22.8 Å². The number of nitriles is 1. The van der Waals surface area contributed by atoms with Crippen LogP contribution in [-0.2, 0) is 5.75 Å². The molecule has 3 aromatic rings. The molecule has 0 fully saturated rings. The number of benzene rings is 2. The predicted octanol–water partition coefficient (Wildman–Crippen LogP) is 4.04. The average molecular weight is 279 g/mol. The highest BCUT2D eigenvalue weighted by Crippen LogP contribution is 2.23. The standard InChI is InChI=1S/C16H13N3S/c1-11-5-6-14-15(7-11)19-16(18-14)20-10-13-4-2-3-12(8-13)9-17/h2-8H,10H2,1H3,(H,18,19). The smallest absolute Gasteiger partial charge is 0.166 e. The van der Waals surface area contributed by atoms with Gasteiger partial charge in [0, 0.05) is 5.75 Å². The number of H-pyrrole nitrogens is 1. The van der Waals surface area contributed by atoms with Crippen LogP contribution >= 0.6 is 11.8 Å². The van der Waals surface area contributed by atoms with Gasteiger partial charge >= 0.3 is 0 Å². The van der Waals surface area contributed by atoms with Crippen molar-refractivity contribution in [3.8, 4) is 6.07 Å². The lowest BCUT2D eigenvalue weighted by Crippen LogP contribution is -1.83. The first kappa shape index (κ1) is 12.8. The van der Waals surface area contributed by atoms with E-state index in [0.29, 0.717) is 5.56 Å². The fourth-order valence-corrected chi connectivity index (χ4v) is 2.88. The monoisotopic (exact) mass is 279 g/mol. The van der Waals surface area contributed by atoms with Gasteiger partial charge < -0.3 is 4.98 Å². The lowest BCUT2D eigenvalue weighted by atomic mass is 10.2. The fourth-order valence-electron chi connectivity index (χ4n) is 2.05. The lowest BCUT2D eigenvalue weighted by Gasteiger charge is -1.99. The number of hydrogen-bond donors (Lipinski definition) is 1. The van der Waals surface area contributed by atoms with E-state index < -0.39 is 0 Å². The normalized spacial score (nSPS) is 10.6. The van der Waals surface area contributed by atoms with Crippen LogP contribution in [0.3, 0.4) is 0 Å². The number of aryl methyl sites for hydroxylation is 1. The molecule has 0 amide bonds. The van der Waals surface area contributed by atoms with E-state index in [0.717, 1.165) is 27.5 Å². The summed E-state index contributed by atoms with van der Waals surface area (Å²) in [5.74, 6) is 0.800.